The van der Waals surface area contributed by atoms with E-state index in [1.807, 2.05) is 13.8 Å². The van der Waals surface area contributed by atoms with Gasteiger partial charge in [-0.05, 0) is 72.9 Å². The topological polar surface area (TPSA) is 109 Å². The Hall–Kier alpha value is -3.46. The SMILES string of the molecule is CC(C)CCOc1cccc(C(=O)NC(=S)NNC(=O)c2ccc(NC(=O)CC(C)C)cc2)c1. The van der Waals surface area contributed by atoms with E-state index in [0.29, 0.717) is 41.5 Å². The van der Waals surface area contributed by atoms with Crippen molar-refractivity contribution in [1.82, 2.24) is 16.2 Å². The molecule has 0 atom stereocenters. The lowest BCUT2D eigenvalue weighted by atomic mass is 10.1. The van der Waals surface area contributed by atoms with Crippen molar-refractivity contribution in [3.63, 3.8) is 0 Å². The molecule has 2 aromatic rings. The van der Waals surface area contributed by atoms with E-state index < -0.39 is 11.8 Å². The first-order valence-electron chi connectivity index (χ1n) is 11.2. The summed E-state index contributed by atoms with van der Waals surface area (Å²) in [6.45, 7) is 8.73. The van der Waals surface area contributed by atoms with Crippen LogP contribution in [-0.2, 0) is 4.79 Å². The van der Waals surface area contributed by atoms with Crippen LogP contribution in [-0.4, -0.2) is 29.4 Å². The second-order valence-corrected chi connectivity index (χ2v) is 9.05. The molecule has 0 aromatic heterocycles. The van der Waals surface area contributed by atoms with Crippen LogP contribution in [0.5, 0.6) is 5.75 Å². The first-order valence-corrected chi connectivity index (χ1v) is 11.6. The lowest BCUT2D eigenvalue weighted by molar-refractivity contribution is -0.116. The fourth-order valence-electron chi connectivity index (χ4n) is 2.82. The summed E-state index contributed by atoms with van der Waals surface area (Å²) in [6.07, 6.45) is 1.34. The summed E-state index contributed by atoms with van der Waals surface area (Å²) in [5.74, 6) is 0.429. The molecule has 0 aliphatic rings. The first-order chi connectivity index (χ1) is 16.1. The molecule has 0 fully saturated rings. The van der Waals surface area contributed by atoms with Crippen LogP contribution in [0.15, 0.2) is 48.5 Å². The highest BCUT2D eigenvalue weighted by molar-refractivity contribution is 7.80. The molecule has 9 heteroatoms. The molecular formula is C25H32N4O4S. The Balaban J connectivity index is 1.81. The lowest BCUT2D eigenvalue weighted by Gasteiger charge is -2.12. The molecule has 0 radical (unpaired) electrons. The van der Waals surface area contributed by atoms with Crippen LogP contribution in [0.25, 0.3) is 0 Å². The average Bonchev–Trinajstić information content (AvgIpc) is 2.77. The Morgan fingerprint density at radius 2 is 1.59 bits per heavy atom. The molecular weight excluding hydrogens is 452 g/mol. The Morgan fingerprint density at radius 3 is 2.24 bits per heavy atom. The van der Waals surface area contributed by atoms with Gasteiger partial charge in [-0.15, -0.1) is 0 Å². The van der Waals surface area contributed by atoms with E-state index in [1.165, 1.54) is 0 Å². The van der Waals surface area contributed by atoms with Gasteiger partial charge in [0.05, 0.1) is 6.61 Å². The smallest absolute Gasteiger partial charge is 0.269 e. The van der Waals surface area contributed by atoms with Crippen molar-refractivity contribution in [2.75, 3.05) is 11.9 Å². The Morgan fingerprint density at radius 1 is 0.882 bits per heavy atom. The summed E-state index contributed by atoms with van der Waals surface area (Å²) in [5, 5.41) is 5.24. The molecule has 182 valence electrons. The van der Waals surface area contributed by atoms with Crippen molar-refractivity contribution in [3.8, 4) is 5.75 Å². The zero-order chi connectivity index (χ0) is 25.1. The highest BCUT2D eigenvalue weighted by Gasteiger charge is 2.11. The summed E-state index contributed by atoms with van der Waals surface area (Å²) < 4.78 is 5.68. The van der Waals surface area contributed by atoms with E-state index >= 15 is 0 Å². The van der Waals surface area contributed by atoms with Gasteiger partial charge in [-0.1, -0.05) is 33.8 Å². The number of carbonyl (C=O) groups excluding carboxylic acids is 3. The normalized spacial score (nSPS) is 10.5. The third-order valence-corrected chi connectivity index (χ3v) is 4.81. The van der Waals surface area contributed by atoms with Crippen LogP contribution in [0.3, 0.4) is 0 Å². The van der Waals surface area contributed by atoms with E-state index in [4.69, 9.17) is 17.0 Å². The second-order valence-electron chi connectivity index (χ2n) is 8.64. The number of hydrogen-bond donors (Lipinski definition) is 4. The van der Waals surface area contributed by atoms with E-state index in [1.54, 1.807) is 48.5 Å². The maximum absolute atomic E-state index is 12.5. The fraction of sp³-hybridized carbons (Fsp3) is 0.360. The third kappa shape index (κ3) is 9.58. The molecule has 0 aliphatic heterocycles. The quantitative estimate of drug-likeness (QED) is 0.316. The highest BCUT2D eigenvalue weighted by atomic mass is 32.1. The Bertz CT molecular complexity index is 1010. The minimum Gasteiger partial charge on any atom is -0.494 e. The molecule has 0 bridgehead atoms. The molecule has 0 unspecified atom stereocenters. The zero-order valence-corrected chi connectivity index (χ0v) is 20.8. The zero-order valence-electron chi connectivity index (χ0n) is 19.9. The van der Waals surface area contributed by atoms with Gasteiger partial charge in [-0.3, -0.25) is 30.6 Å². The number of rotatable bonds is 9. The van der Waals surface area contributed by atoms with Crippen molar-refractivity contribution >= 4 is 40.7 Å². The van der Waals surface area contributed by atoms with Crippen LogP contribution < -0.4 is 26.2 Å². The van der Waals surface area contributed by atoms with Gasteiger partial charge >= 0.3 is 0 Å². The highest BCUT2D eigenvalue weighted by Crippen LogP contribution is 2.15. The summed E-state index contributed by atoms with van der Waals surface area (Å²) in [4.78, 5) is 36.6. The minimum absolute atomic E-state index is 0.0537. The third-order valence-electron chi connectivity index (χ3n) is 4.60. The molecule has 2 aromatic carbocycles. The number of benzene rings is 2. The standard InChI is InChI=1S/C25H32N4O4S/c1-16(2)12-13-33-21-7-5-6-19(15-21)23(31)27-25(34)29-28-24(32)18-8-10-20(11-9-18)26-22(30)14-17(3)4/h5-11,15-17H,12-14H2,1-4H3,(H,26,30)(H,28,32)(H2,27,29,31,34). The fourth-order valence-corrected chi connectivity index (χ4v) is 2.96. The number of anilines is 1. The van der Waals surface area contributed by atoms with E-state index in [-0.39, 0.29) is 16.9 Å². The van der Waals surface area contributed by atoms with Crippen molar-refractivity contribution in [1.29, 1.82) is 0 Å². The summed E-state index contributed by atoms with van der Waals surface area (Å²) in [5.41, 5.74) is 6.29. The number of amides is 3. The summed E-state index contributed by atoms with van der Waals surface area (Å²) in [7, 11) is 0. The predicted molar refractivity (Wildman–Crippen MR) is 137 cm³/mol. The number of hydrogen-bond acceptors (Lipinski definition) is 5. The lowest BCUT2D eigenvalue weighted by Crippen LogP contribution is -2.48. The number of thiocarbonyl (C=S) groups is 1. The Kier molecular flexibility index (Phi) is 10.5. The monoisotopic (exact) mass is 484 g/mol. The van der Waals surface area contributed by atoms with Gasteiger partial charge in [-0.2, -0.15) is 0 Å². The summed E-state index contributed by atoms with van der Waals surface area (Å²) >= 11 is 5.10. The molecule has 0 saturated heterocycles. The molecule has 34 heavy (non-hydrogen) atoms. The summed E-state index contributed by atoms with van der Waals surface area (Å²) in [6, 6.07) is 13.2. The first kappa shape index (κ1) is 26.8. The molecule has 0 spiro atoms. The van der Waals surface area contributed by atoms with Crippen LogP contribution in [0.4, 0.5) is 5.69 Å². The maximum Gasteiger partial charge on any atom is 0.269 e. The van der Waals surface area contributed by atoms with Gasteiger partial charge < -0.3 is 10.1 Å². The molecule has 2 rings (SSSR count). The molecule has 8 nitrogen and oxygen atoms in total. The van der Waals surface area contributed by atoms with Crippen molar-refractivity contribution in [3.05, 3.63) is 59.7 Å². The number of nitrogens with one attached hydrogen (secondary N) is 4. The van der Waals surface area contributed by atoms with Crippen LogP contribution in [0.2, 0.25) is 0 Å². The minimum atomic E-state index is -0.447. The molecule has 0 aliphatic carbocycles. The molecule has 3 amide bonds. The molecule has 0 saturated carbocycles. The van der Waals surface area contributed by atoms with Crippen LogP contribution in [0.1, 0.15) is 61.3 Å². The average molecular weight is 485 g/mol. The van der Waals surface area contributed by atoms with Crippen LogP contribution >= 0.6 is 12.2 Å². The number of carbonyl (C=O) groups is 3. The van der Waals surface area contributed by atoms with Crippen molar-refractivity contribution in [2.45, 2.75) is 40.5 Å². The van der Waals surface area contributed by atoms with E-state index in [0.717, 1.165) is 6.42 Å². The van der Waals surface area contributed by atoms with Gasteiger partial charge in [0.2, 0.25) is 5.91 Å². The Labute approximate surface area is 205 Å². The van der Waals surface area contributed by atoms with Crippen molar-refractivity contribution in [2.24, 2.45) is 11.8 Å². The van der Waals surface area contributed by atoms with Gasteiger partial charge in [0.25, 0.3) is 11.8 Å². The maximum atomic E-state index is 12.5. The number of hydrazine groups is 1. The predicted octanol–water partition coefficient (Wildman–Crippen LogP) is 4.05. The van der Waals surface area contributed by atoms with E-state index in [9.17, 15) is 14.4 Å². The van der Waals surface area contributed by atoms with Gasteiger partial charge in [-0.25, -0.2) is 0 Å². The van der Waals surface area contributed by atoms with Crippen molar-refractivity contribution < 1.29 is 19.1 Å². The number of ether oxygens (including phenoxy) is 1. The van der Waals surface area contributed by atoms with Gasteiger partial charge in [0.1, 0.15) is 5.75 Å². The largest absolute Gasteiger partial charge is 0.494 e. The van der Waals surface area contributed by atoms with E-state index in [2.05, 4.69) is 35.3 Å². The molecule has 4 N–H and O–H groups in total. The van der Waals surface area contributed by atoms with Gasteiger partial charge in [0.15, 0.2) is 5.11 Å². The molecule has 0 heterocycles. The second kappa shape index (κ2) is 13.3. The van der Waals surface area contributed by atoms with Gasteiger partial charge in [0, 0.05) is 23.2 Å². The van der Waals surface area contributed by atoms with Crippen LogP contribution in [0, 0.1) is 11.8 Å².